The Morgan fingerprint density at radius 3 is 2.19 bits per heavy atom. The van der Waals surface area contributed by atoms with Gasteiger partial charge in [-0.25, -0.2) is 0 Å². The molecule has 0 fully saturated rings. The Labute approximate surface area is 163 Å². The van der Waals surface area contributed by atoms with Gasteiger partial charge >= 0.3 is 0 Å². The smallest absolute Gasteiger partial charge is 0.196 e. The summed E-state index contributed by atoms with van der Waals surface area (Å²) in [7, 11) is 0. The second kappa shape index (κ2) is 10.2. The number of phenolic OH excluding ortho intramolecular Hbond substituents is 1. The first-order valence-corrected chi connectivity index (χ1v) is 9.75. The summed E-state index contributed by atoms with van der Waals surface area (Å²) in [6, 6.07) is 15.7. The van der Waals surface area contributed by atoms with Crippen LogP contribution in [-0.2, 0) is 4.74 Å². The zero-order valence-corrected chi connectivity index (χ0v) is 17.1. The lowest BCUT2D eigenvalue weighted by molar-refractivity contribution is -0.0613. The van der Waals surface area contributed by atoms with E-state index in [1.54, 1.807) is 12.1 Å². The van der Waals surface area contributed by atoms with Gasteiger partial charge in [0.05, 0.1) is 0 Å². The summed E-state index contributed by atoms with van der Waals surface area (Å²) in [6.45, 7) is 11.1. The van der Waals surface area contributed by atoms with E-state index in [1.165, 1.54) is 11.1 Å². The maximum Gasteiger partial charge on any atom is 0.196 e. The number of ether oxygens (including phenoxy) is 2. The molecule has 146 valence electrons. The van der Waals surface area contributed by atoms with Gasteiger partial charge in [0.15, 0.2) is 6.29 Å². The van der Waals surface area contributed by atoms with Gasteiger partial charge in [-0.1, -0.05) is 44.2 Å². The molecule has 0 bridgehead atoms. The molecule has 2 aromatic carbocycles. The van der Waals surface area contributed by atoms with Crippen LogP contribution in [0.3, 0.4) is 0 Å². The predicted octanol–water partition coefficient (Wildman–Crippen LogP) is 6.39. The van der Waals surface area contributed by atoms with Crippen molar-refractivity contribution in [3.8, 4) is 11.5 Å². The third-order valence-electron chi connectivity index (χ3n) is 4.51. The maximum absolute atomic E-state index is 9.50. The molecule has 0 saturated carbocycles. The molecule has 0 radical (unpaired) electrons. The van der Waals surface area contributed by atoms with E-state index >= 15 is 0 Å². The molecule has 0 amide bonds. The lowest BCUT2D eigenvalue weighted by Crippen LogP contribution is -2.15. The number of rotatable bonds is 9. The molecule has 0 spiro atoms. The van der Waals surface area contributed by atoms with Crippen molar-refractivity contribution < 1.29 is 14.6 Å². The van der Waals surface area contributed by atoms with Crippen LogP contribution < -0.4 is 4.74 Å². The molecule has 0 heterocycles. The summed E-state index contributed by atoms with van der Waals surface area (Å²) >= 11 is 0. The van der Waals surface area contributed by atoms with E-state index in [0.717, 1.165) is 17.7 Å². The summed E-state index contributed by atoms with van der Waals surface area (Å²) in [4.78, 5) is 0. The first-order valence-electron chi connectivity index (χ1n) is 9.75. The average molecular weight is 369 g/mol. The van der Waals surface area contributed by atoms with Crippen LogP contribution in [0.25, 0.3) is 5.57 Å². The predicted molar refractivity (Wildman–Crippen MR) is 112 cm³/mol. The van der Waals surface area contributed by atoms with Crippen LogP contribution in [0.1, 0.15) is 58.1 Å². The summed E-state index contributed by atoms with van der Waals surface area (Å²) < 4.78 is 11.2. The normalized spacial score (nSPS) is 14.2. The Balaban J connectivity index is 2.20. The minimum Gasteiger partial charge on any atom is -0.508 e. The Hall–Kier alpha value is -2.26. The lowest BCUT2D eigenvalue weighted by atomic mass is 9.88. The second-order valence-electron chi connectivity index (χ2n) is 7.34. The van der Waals surface area contributed by atoms with Crippen LogP contribution in [0.4, 0.5) is 0 Å². The van der Waals surface area contributed by atoms with E-state index in [9.17, 15) is 5.11 Å². The first-order chi connectivity index (χ1) is 12.9. The molecule has 0 aliphatic heterocycles. The maximum atomic E-state index is 9.50. The van der Waals surface area contributed by atoms with Crippen LogP contribution in [0.5, 0.6) is 11.5 Å². The molecule has 0 aromatic heterocycles. The molecule has 3 heteroatoms. The van der Waals surface area contributed by atoms with Gasteiger partial charge in [0.1, 0.15) is 11.5 Å². The van der Waals surface area contributed by atoms with Gasteiger partial charge < -0.3 is 14.6 Å². The molecule has 0 saturated heterocycles. The number of aromatic hydroxyl groups is 1. The van der Waals surface area contributed by atoms with E-state index in [2.05, 4.69) is 39.0 Å². The number of benzene rings is 2. The zero-order valence-electron chi connectivity index (χ0n) is 17.1. The van der Waals surface area contributed by atoms with E-state index in [4.69, 9.17) is 9.47 Å². The molecule has 2 unspecified atom stereocenters. The quantitative estimate of drug-likeness (QED) is 0.521. The van der Waals surface area contributed by atoms with Crippen molar-refractivity contribution in [3.05, 3.63) is 65.7 Å². The van der Waals surface area contributed by atoms with Gasteiger partial charge in [-0.3, -0.25) is 0 Å². The first kappa shape index (κ1) is 21.0. The van der Waals surface area contributed by atoms with Crippen LogP contribution >= 0.6 is 0 Å². The van der Waals surface area contributed by atoms with E-state index in [0.29, 0.717) is 24.2 Å². The van der Waals surface area contributed by atoms with Crippen LogP contribution in [-0.4, -0.2) is 18.0 Å². The molecule has 1 N–H and O–H groups in total. The lowest BCUT2D eigenvalue weighted by Gasteiger charge is -2.19. The minimum absolute atomic E-state index is 0.246. The van der Waals surface area contributed by atoms with Crippen molar-refractivity contribution in [2.24, 2.45) is 5.92 Å². The molecular weight excluding hydrogens is 336 g/mol. The molecular formula is C24H32O3. The number of phenols is 1. The SMILES string of the molecule is CCOC(C)Oc1ccc(C(/C=C(/C)c2ccc(O)cc2)CC(C)C)cc1. The summed E-state index contributed by atoms with van der Waals surface area (Å²) in [5.74, 6) is 2.04. The van der Waals surface area contributed by atoms with Gasteiger partial charge in [-0.15, -0.1) is 0 Å². The van der Waals surface area contributed by atoms with Crippen molar-refractivity contribution >= 4 is 5.57 Å². The fourth-order valence-corrected chi connectivity index (χ4v) is 3.18. The third kappa shape index (κ3) is 6.76. The van der Waals surface area contributed by atoms with Crippen LogP contribution in [0.2, 0.25) is 0 Å². The number of allylic oxidation sites excluding steroid dienone is 2. The van der Waals surface area contributed by atoms with E-state index < -0.39 is 0 Å². The zero-order chi connectivity index (χ0) is 19.8. The molecule has 0 aliphatic carbocycles. The summed E-state index contributed by atoms with van der Waals surface area (Å²) in [6.07, 6.45) is 3.15. The van der Waals surface area contributed by atoms with Crippen LogP contribution in [0.15, 0.2) is 54.6 Å². The topological polar surface area (TPSA) is 38.7 Å². The van der Waals surface area contributed by atoms with Gasteiger partial charge in [-0.2, -0.15) is 0 Å². The Kier molecular flexibility index (Phi) is 7.93. The largest absolute Gasteiger partial charge is 0.508 e. The van der Waals surface area contributed by atoms with Gasteiger partial charge in [0.2, 0.25) is 0 Å². The molecule has 3 nitrogen and oxygen atoms in total. The number of hydrogen-bond acceptors (Lipinski definition) is 3. The fraction of sp³-hybridized carbons (Fsp3) is 0.417. The van der Waals surface area contributed by atoms with E-state index in [1.807, 2.05) is 38.1 Å². The van der Waals surface area contributed by atoms with Crippen molar-refractivity contribution in [1.29, 1.82) is 0 Å². The van der Waals surface area contributed by atoms with Crippen molar-refractivity contribution in [1.82, 2.24) is 0 Å². The average Bonchev–Trinajstić information content (AvgIpc) is 2.62. The highest BCUT2D eigenvalue weighted by Gasteiger charge is 2.13. The Morgan fingerprint density at radius 1 is 1.00 bits per heavy atom. The fourth-order valence-electron chi connectivity index (χ4n) is 3.18. The summed E-state index contributed by atoms with van der Waals surface area (Å²) in [5, 5.41) is 9.50. The van der Waals surface area contributed by atoms with Crippen molar-refractivity contribution in [2.75, 3.05) is 6.61 Å². The Bertz CT molecular complexity index is 714. The second-order valence-corrected chi connectivity index (χ2v) is 7.34. The minimum atomic E-state index is -0.246. The highest BCUT2D eigenvalue weighted by atomic mass is 16.7. The van der Waals surface area contributed by atoms with E-state index in [-0.39, 0.29) is 6.29 Å². The monoisotopic (exact) mass is 368 g/mol. The van der Waals surface area contributed by atoms with Crippen molar-refractivity contribution in [2.45, 2.75) is 53.2 Å². The molecule has 2 rings (SSSR count). The molecule has 2 aromatic rings. The number of hydrogen-bond donors (Lipinski definition) is 1. The molecule has 27 heavy (non-hydrogen) atoms. The summed E-state index contributed by atoms with van der Waals surface area (Å²) in [5.41, 5.74) is 3.62. The highest BCUT2D eigenvalue weighted by molar-refractivity contribution is 5.65. The standard InChI is InChI=1S/C24H32O3/c1-6-26-19(5)27-24-13-9-21(10-14-24)22(15-17(2)3)16-18(4)20-7-11-23(25)12-8-20/h7-14,16-17,19,22,25H,6,15H2,1-5H3/b18-16-. The Morgan fingerprint density at radius 2 is 1.63 bits per heavy atom. The molecule has 2 atom stereocenters. The van der Waals surface area contributed by atoms with Crippen molar-refractivity contribution in [3.63, 3.8) is 0 Å². The van der Waals surface area contributed by atoms with Gasteiger partial charge in [-0.05, 0) is 74.1 Å². The van der Waals surface area contributed by atoms with Crippen LogP contribution in [0, 0.1) is 5.92 Å². The molecule has 0 aliphatic rings. The highest BCUT2D eigenvalue weighted by Crippen LogP contribution is 2.30. The third-order valence-corrected chi connectivity index (χ3v) is 4.51. The van der Waals surface area contributed by atoms with Gasteiger partial charge in [0, 0.05) is 12.5 Å². The van der Waals surface area contributed by atoms with Gasteiger partial charge in [0.25, 0.3) is 0 Å².